The van der Waals surface area contributed by atoms with Crippen molar-refractivity contribution in [3.05, 3.63) is 88.5 Å². The van der Waals surface area contributed by atoms with E-state index < -0.39 is 0 Å². The molecule has 1 unspecified atom stereocenters. The van der Waals surface area contributed by atoms with Crippen LogP contribution in [0.4, 0.5) is 0 Å². The Kier molecular flexibility index (Phi) is 5.70. The third kappa shape index (κ3) is 4.21. The van der Waals surface area contributed by atoms with Crippen molar-refractivity contribution in [1.82, 2.24) is 10.2 Å². The molecule has 1 N–H and O–H groups in total. The van der Waals surface area contributed by atoms with Gasteiger partial charge in [0.25, 0.3) is 5.91 Å². The quantitative estimate of drug-likeness (QED) is 0.604. The molecule has 3 aromatic rings. The third-order valence-corrected chi connectivity index (χ3v) is 5.96. The molecule has 0 spiro atoms. The molecule has 1 amide bonds. The molecule has 0 saturated heterocycles. The van der Waals surface area contributed by atoms with Gasteiger partial charge in [-0.25, -0.2) is 0 Å². The normalized spacial score (nSPS) is 15.8. The summed E-state index contributed by atoms with van der Waals surface area (Å²) in [6, 6.07) is 20.0. The Balaban J connectivity index is 1.59. The van der Waals surface area contributed by atoms with Gasteiger partial charge in [-0.15, -0.1) is 0 Å². The zero-order chi connectivity index (χ0) is 20.4. The molecule has 3 aromatic carbocycles. The average molecular weight is 405 g/mol. The second-order valence-electron chi connectivity index (χ2n) is 7.70. The van der Waals surface area contributed by atoms with E-state index >= 15 is 0 Å². The van der Waals surface area contributed by atoms with Crippen molar-refractivity contribution in [3.8, 4) is 0 Å². The molecule has 0 saturated carbocycles. The maximum absolute atomic E-state index is 13.0. The number of hydrogen-bond donors (Lipinski definition) is 1. The highest BCUT2D eigenvalue weighted by molar-refractivity contribution is 6.34. The molecule has 0 bridgehead atoms. The number of likely N-dealkylation sites (N-methyl/N-ethyl adjacent to an activating group) is 1. The minimum Gasteiger partial charge on any atom is -0.345 e. The lowest BCUT2D eigenvalue weighted by atomic mass is 9.97. The predicted octanol–water partition coefficient (Wildman–Crippen LogP) is 5.70. The van der Waals surface area contributed by atoms with E-state index in [0.29, 0.717) is 10.6 Å². The largest absolute Gasteiger partial charge is 0.345 e. The van der Waals surface area contributed by atoms with E-state index in [2.05, 4.69) is 47.6 Å². The minimum absolute atomic E-state index is 0.129. The first kappa shape index (κ1) is 19.7. The van der Waals surface area contributed by atoms with Crippen LogP contribution in [0.5, 0.6) is 0 Å². The van der Waals surface area contributed by atoms with Gasteiger partial charge in [-0.2, -0.15) is 0 Å². The summed E-state index contributed by atoms with van der Waals surface area (Å²) >= 11 is 6.39. The molecule has 0 aliphatic carbocycles. The van der Waals surface area contributed by atoms with Crippen molar-refractivity contribution in [2.45, 2.75) is 19.4 Å². The summed E-state index contributed by atoms with van der Waals surface area (Å²) in [5.74, 6) is -0.147. The van der Waals surface area contributed by atoms with E-state index in [1.165, 1.54) is 11.0 Å². The van der Waals surface area contributed by atoms with Crippen molar-refractivity contribution in [3.63, 3.8) is 0 Å². The second-order valence-corrected chi connectivity index (χ2v) is 8.11. The van der Waals surface area contributed by atoms with Crippen LogP contribution in [0.2, 0.25) is 5.02 Å². The Hall–Kier alpha value is -2.62. The van der Waals surface area contributed by atoms with Gasteiger partial charge < -0.3 is 10.2 Å². The first-order valence-electron chi connectivity index (χ1n) is 9.99. The first-order valence-corrected chi connectivity index (χ1v) is 10.4. The number of carbonyl (C=O) groups is 1. The summed E-state index contributed by atoms with van der Waals surface area (Å²) in [4.78, 5) is 15.3. The number of carbonyl (C=O) groups excluding carboxylic acids is 1. The van der Waals surface area contributed by atoms with E-state index in [1.54, 1.807) is 0 Å². The van der Waals surface area contributed by atoms with Gasteiger partial charge in [0, 0.05) is 13.1 Å². The number of hydrogen-bond acceptors (Lipinski definition) is 2. The number of fused-ring (bicyclic) bond motifs is 1. The average Bonchev–Trinajstić information content (AvgIpc) is 2.74. The molecule has 0 radical (unpaired) electrons. The topological polar surface area (TPSA) is 32.3 Å². The van der Waals surface area contributed by atoms with Crippen molar-refractivity contribution >= 4 is 33.9 Å². The van der Waals surface area contributed by atoms with Crippen LogP contribution in [0.15, 0.2) is 66.7 Å². The number of nitrogens with zero attached hydrogens (tertiary/aromatic N) is 1. The minimum atomic E-state index is -0.147. The molecule has 0 aromatic heterocycles. The first-order chi connectivity index (χ1) is 14.0. The van der Waals surface area contributed by atoms with Crippen LogP contribution in [0.3, 0.4) is 0 Å². The summed E-state index contributed by atoms with van der Waals surface area (Å²) in [5, 5.41) is 5.93. The maximum atomic E-state index is 13.0. The van der Waals surface area contributed by atoms with Crippen molar-refractivity contribution in [2.75, 3.05) is 20.1 Å². The Morgan fingerprint density at radius 1 is 1.10 bits per heavy atom. The molecule has 4 rings (SSSR count). The number of amides is 1. The molecular formula is C25H25ClN2O. The predicted molar refractivity (Wildman–Crippen MR) is 121 cm³/mol. The van der Waals surface area contributed by atoms with Crippen molar-refractivity contribution in [1.29, 1.82) is 0 Å². The van der Waals surface area contributed by atoms with Gasteiger partial charge in [0.1, 0.15) is 0 Å². The van der Waals surface area contributed by atoms with Crippen molar-refractivity contribution in [2.24, 2.45) is 0 Å². The number of rotatable bonds is 4. The van der Waals surface area contributed by atoms with E-state index in [9.17, 15) is 4.79 Å². The van der Waals surface area contributed by atoms with Crippen LogP contribution < -0.4 is 5.32 Å². The Morgan fingerprint density at radius 2 is 1.90 bits per heavy atom. The zero-order valence-corrected chi connectivity index (χ0v) is 17.5. The van der Waals surface area contributed by atoms with Gasteiger partial charge in [0.15, 0.2) is 0 Å². The van der Waals surface area contributed by atoms with Crippen LogP contribution >= 0.6 is 11.6 Å². The molecule has 148 valence electrons. The Morgan fingerprint density at radius 3 is 2.69 bits per heavy atom. The molecule has 1 heterocycles. The highest BCUT2D eigenvalue weighted by Gasteiger charge is 2.18. The summed E-state index contributed by atoms with van der Waals surface area (Å²) in [5.41, 5.74) is 3.97. The fourth-order valence-corrected chi connectivity index (χ4v) is 4.12. The van der Waals surface area contributed by atoms with Crippen LogP contribution in [0.25, 0.3) is 16.3 Å². The zero-order valence-electron chi connectivity index (χ0n) is 16.8. The molecule has 4 heteroatoms. The lowest BCUT2D eigenvalue weighted by molar-refractivity contribution is 0.0940. The maximum Gasteiger partial charge on any atom is 0.253 e. The highest BCUT2D eigenvalue weighted by Crippen LogP contribution is 2.28. The second kappa shape index (κ2) is 8.40. The molecule has 0 fully saturated rings. The SMILES string of the molecule is CC(NC(=O)c1cc(C2=CCN(C)CC2)ccc1Cl)c1cccc2ccccc12. The smallest absolute Gasteiger partial charge is 0.253 e. The van der Waals surface area contributed by atoms with Gasteiger partial charge in [0.2, 0.25) is 0 Å². The monoisotopic (exact) mass is 404 g/mol. The van der Waals surface area contributed by atoms with Crippen LogP contribution in [-0.2, 0) is 0 Å². The van der Waals surface area contributed by atoms with Crippen LogP contribution in [-0.4, -0.2) is 30.9 Å². The van der Waals surface area contributed by atoms with Crippen molar-refractivity contribution < 1.29 is 4.79 Å². The number of nitrogens with one attached hydrogen (secondary N) is 1. The van der Waals surface area contributed by atoms with Gasteiger partial charge in [-0.1, -0.05) is 66.2 Å². The fraction of sp³-hybridized carbons (Fsp3) is 0.240. The highest BCUT2D eigenvalue weighted by atomic mass is 35.5. The molecular weight excluding hydrogens is 380 g/mol. The number of halogens is 1. The molecule has 3 nitrogen and oxygen atoms in total. The van der Waals surface area contributed by atoms with Crippen LogP contribution in [0.1, 0.15) is 40.9 Å². The van der Waals surface area contributed by atoms with Gasteiger partial charge in [-0.3, -0.25) is 4.79 Å². The van der Waals surface area contributed by atoms with E-state index in [-0.39, 0.29) is 11.9 Å². The summed E-state index contributed by atoms with van der Waals surface area (Å²) in [6.07, 6.45) is 3.21. The van der Waals surface area contributed by atoms with Crippen LogP contribution in [0, 0.1) is 0 Å². The summed E-state index contributed by atoms with van der Waals surface area (Å²) in [7, 11) is 2.11. The summed E-state index contributed by atoms with van der Waals surface area (Å²) < 4.78 is 0. The molecule has 1 aliphatic heterocycles. The molecule has 29 heavy (non-hydrogen) atoms. The van der Waals surface area contributed by atoms with E-state index in [0.717, 1.165) is 36.0 Å². The Labute approximate surface area is 177 Å². The fourth-order valence-electron chi connectivity index (χ4n) is 3.91. The lowest BCUT2D eigenvalue weighted by Crippen LogP contribution is -2.27. The summed E-state index contributed by atoms with van der Waals surface area (Å²) in [6.45, 7) is 3.96. The number of benzene rings is 3. The van der Waals surface area contributed by atoms with E-state index in [4.69, 9.17) is 11.6 Å². The van der Waals surface area contributed by atoms with Gasteiger partial charge in [-0.05, 0) is 60.0 Å². The third-order valence-electron chi connectivity index (χ3n) is 5.63. The Bertz CT molecular complexity index is 1080. The van der Waals surface area contributed by atoms with Gasteiger partial charge >= 0.3 is 0 Å². The van der Waals surface area contributed by atoms with E-state index in [1.807, 2.05) is 43.3 Å². The molecule has 1 aliphatic rings. The lowest BCUT2D eigenvalue weighted by Gasteiger charge is -2.22. The van der Waals surface area contributed by atoms with Gasteiger partial charge in [0.05, 0.1) is 16.6 Å². The standard InChI is InChI=1S/C25H25ClN2O/c1-17(21-9-5-7-19-6-3-4-8-22(19)21)27-25(29)23-16-20(10-11-24(23)26)18-12-14-28(2)15-13-18/h3-12,16-17H,13-15H2,1-2H3,(H,27,29). The molecule has 1 atom stereocenters.